The third-order valence-electron chi connectivity index (χ3n) is 3.30. The minimum atomic E-state index is -0.346. The number of hydrogen-bond acceptors (Lipinski definition) is 4. The van der Waals surface area contributed by atoms with Crippen molar-refractivity contribution in [2.24, 2.45) is 0 Å². The molecule has 3 rings (SSSR count). The lowest BCUT2D eigenvalue weighted by Gasteiger charge is -2.20. The molecule has 0 spiro atoms. The van der Waals surface area contributed by atoms with Gasteiger partial charge in [0.05, 0.1) is 12.7 Å². The Morgan fingerprint density at radius 2 is 2.22 bits per heavy atom. The Balaban J connectivity index is 1.98. The molecule has 2 aromatic rings. The van der Waals surface area contributed by atoms with Crippen molar-refractivity contribution >= 4 is 0 Å². The second kappa shape index (κ2) is 4.40. The maximum atomic E-state index is 13.3. The number of benzene rings is 1. The lowest BCUT2D eigenvalue weighted by molar-refractivity contribution is 0.292. The topological polar surface area (TPSA) is 48.2 Å². The predicted molar refractivity (Wildman–Crippen MR) is 62.8 cm³/mol. The molecule has 5 heteroatoms. The lowest BCUT2D eigenvalue weighted by atomic mass is 9.85. The van der Waals surface area contributed by atoms with Gasteiger partial charge in [0.2, 0.25) is 11.7 Å². The highest BCUT2D eigenvalue weighted by Gasteiger charge is 2.26. The highest BCUT2D eigenvalue weighted by molar-refractivity contribution is 5.63. The number of halogens is 1. The van der Waals surface area contributed by atoms with E-state index in [4.69, 9.17) is 9.26 Å². The summed E-state index contributed by atoms with van der Waals surface area (Å²) in [6.45, 7) is 0. The summed E-state index contributed by atoms with van der Waals surface area (Å²) in [5.74, 6) is 1.58. The SMILES string of the molecule is COc1ccc(F)cc1-c1noc(C2CCC2)n1. The average Bonchev–Trinajstić information content (AvgIpc) is 2.76. The van der Waals surface area contributed by atoms with Crippen LogP contribution in [0.5, 0.6) is 5.75 Å². The fourth-order valence-electron chi connectivity index (χ4n) is 2.02. The molecule has 1 aliphatic rings. The molecule has 0 atom stereocenters. The highest BCUT2D eigenvalue weighted by atomic mass is 19.1. The molecule has 1 saturated carbocycles. The Bertz CT molecular complexity index is 564. The van der Waals surface area contributed by atoms with E-state index in [9.17, 15) is 4.39 Å². The number of hydrogen-bond donors (Lipinski definition) is 0. The molecular formula is C13H13FN2O2. The van der Waals surface area contributed by atoms with Crippen LogP contribution < -0.4 is 4.74 Å². The van der Waals surface area contributed by atoms with E-state index in [1.807, 2.05) is 0 Å². The Hall–Kier alpha value is -1.91. The van der Waals surface area contributed by atoms with Gasteiger partial charge in [-0.05, 0) is 31.0 Å². The molecule has 1 aromatic heterocycles. The second-order valence-corrected chi connectivity index (χ2v) is 4.43. The Labute approximate surface area is 104 Å². The van der Waals surface area contributed by atoms with Crippen LogP contribution in [0.15, 0.2) is 22.7 Å². The van der Waals surface area contributed by atoms with Crippen molar-refractivity contribution in [1.29, 1.82) is 0 Å². The predicted octanol–water partition coefficient (Wildman–Crippen LogP) is 3.15. The lowest BCUT2D eigenvalue weighted by Crippen LogP contribution is -2.08. The first kappa shape index (κ1) is 11.2. The molecular weight excluding hydrogens is 235 g/mol. The van der Waals surface area contributed by atoms with Crippen LogP contribution in [-0.2, 0) is 0 Å². The van der Waals surface area contributed by atoms with E-state index in [1.54, 1.807) is 6.07 Å². The summed E-state index contributed by atoms with van der Waals surface area (Å²) in [5, 5.41) is 3.91. The molecule has 0 amide bonds. The van der Waals surface area contributed by atoms with Gasteiger partial charge in [0.25, 0.3) is 0 Å². The first-order valence-electron chi connectivity index (χ1n) is 5.95. The minimum Gasteiger partial charge on any atom is -0.496 e. The molecule has 1 aromatic carbocycles. The molecule has 0 unspecified atom stereocenters. The molecule has 1 fully saturated rings. The zero-order valence-corrected chi connectivity index (χ0v) is 10.0. The normalized spacial score (nSPS) is 15.4. The number of aromatic nitrogens is 2. The zero-order valence-electron chi connectivity index (χ0n) is 10.0. The maximum absolute atomic E-state index is 13.3. The van der Waals surface area contributed by atoms with Gasteiger partial charge in [-0.2, -0.15) is 4.98 Å². The fraction of sp³-hybridized carbons (Fsp3) is 0.385. The Kier molecular flexibility index (Phi) is 2.74. The van der Waals surface area contributed by atoms with Crippen molar-refractivity contribution in [2.75, 3.05) is 7.11 Å². The quantitative estimate of drug-likeness (QED) is 0.837. The van der Waals surface area contributed by atoms with E-state index in [-0.39, 0.29) is 5.82 Å². The summed E-state index contributed by atoms with van der Waals surface area (Å²) in [7, 11) is 1.53. The van der Waals surface area contributed by atoms with Crippen LogP contribution in [0.1, 0.15) is 31.1 Å². The van der Waals surface area contributed by atoms with E-state index < -0.39 is 0 Å². The van der Waals surface area contributed by atoms with Gasteiger partial charge < -0.3 is 9.26 Å². The van der Waals surface area contributed by atoms with Gasteiger partial charge in [-0.15, -0.1) is 0 Å². The molecule has 1 aliphatic carbocycles. The first-order chi connectivity index (χ1) is 8.78. The summed E-state index contributed by atoms with van der Waals surface area (Å²) in [4.78, 5) is 4.33. The fourth-order valence-corrected chi connectivity index (χ4v) is 2.02. The number of nitrogens with zero attached hydrogens (tertiary/aromatic N) is 2. The second-order valence-electron chi connectivity index (χ2n) is 4.43. The van der Waals surface area contributed by atoms with Crippen molar-refractivity contribution in [2.45, 2.75) is 25.2 Å². The van der Waals surface area contributed by atoms with Gasteiger partial charge in [-0.3, -0.25) is 0 Å². The smallest absolute Gasteiger partial charge is 0.230 e. The van der Waals surface area contributed by atoms with Crippen molar-refractivity contribution in [3.8, 4) is 17.1 Å². The van der Waals surface area contributed by atoms with Crippen LogP contribution in [0.25, 0.3) is 11.4 Å². The molecule has 0 radical (unpaired) electrons. The first-order valence-corrected chi connectivity index (χ1v) is 5.95. The van der Waals surface area contributed by atoms with Crippen LogP contribution in [0.4, 0.5) is 4.39 Å². The van der Waals surface area contributed by atoms with E-state index in [2.05, 4.69) is 10.1 Å². The van der Waals surface area contributed by atoms with Crippen molar-refractivity contribution in [1.82, 2.24) is 10.1 Å². The van der Waals surface area contributed by atoms with E-state index in [0.29, 0.717) is 28.9 Å². The molecule has 1 heterocycles. The molecule has 0 aliphatic heterocycles. The van der Waals surface area contributed by atoms with Crippen molar-refractivity contribution in [3.05, 3.63) is 29.9 Å². The van der Waals surface area contributed by atoms with Crippen LogP contribution in [0.2, 0.25) is 0 Å². The average molecular weight is 248 g/mol. The van der Waals surface area contributed by atoms with Gasteiger partial charge >= 0.3 is 0 Å². The number of methoxy groups -OCH3 is 1. The molecule has 0 saturated heterocycles. The zero-order chi connectivity index (χ0) is 12.5. The summed E-state index contributed by atoms with van der Waals surface area (Å²) < 4.78 is 23.7. The summed E-state index contributed by atoms with van der Waals surface area (Å²) in [6.07, 6.45) is 3.37. The summed E-state index contributed by atoms with van der Waals surface area (Å²) in [5.41, 5.74) is 0.520. The highest BCUT2D eigenvalue weighted by Crippen LogP contribution is 2.37. The van der Waals surface area contributed by atoms with Crippen LogP contribution in [-0.4, -0.2) is 17.3 Å². The third kappa shape index (κ3) is 1.85. The van der Waals surface area contributed by atoms with Crippen LogP contribution in [0, 0.1) is 5.82 Å². The molecule has 0 N–H and O–H groups in total. The van der Waals surface area contributed by atoms with E-state index in [1.165, 1.54) is 25.7 Å². The van der Waals surface area contributed by atoms with E-state index >= 15 is 0 Å². The summed E-state index contributed by atoms with van der Waals surface area (Å²) in [6, 6.07) is 4.26. The van der Waals surface area contributed by atoms with Gasteiger partial charge in [0.15, 0.2) is 0 Å². The van der Waals surface area contributed by atoms with Crippen LogP contribution in [0.3, 0.4) is 0 Å². The van der Waals surface area contributed by atoms with Gasteiger partial charge in [0, 0.05) is 5.92 Å². The third-order valence-corrected chi connectivity index (χ3v) is 3.30. The number of rotatable bonds is 3. The monoisotopic (exact) mass is 248 g/mol. The molecule has 18 heavy (non-hydrogen) atoms. The number of ether oxygens (including phenoxy) is 1. The molecule has 0 bridgehead atoms. The van der Waals surface area contributed by atoms with E-state index in [0.717, 1.165) is 12.8 Å². The molecule has 94 valence electrons. The van der Waals surface area contributed by atoms with Crippen molar-refractivity contribution in [3.63, 3.8) is 0 Å². The van der Waals surface area contributed by atoms with Gasteiger partial charge in [0.1, 0.15) is 11.6 Å². The Morgan fingerprint density at radius 1 is 1.39 bits per heavy atom. The standard InChI is InChI=1S/C13H13FN2O2/c1-17-11-6-5-9(14)7-10(11)12-15-13(18-16-12)8-3-2-4-8/h5-8H,2-4H2,1H3. The van der Waals surface area contributed by atoms with Gasteiger partial charge in [-0.1, -0.05) is 11.6 Å². The van der Waals surface area contributed by atoms with Crippen LogP contribution >= 0.6 is 0 Å². The maximum Gasteiger partial charge on any atom is 0.230 e. The Morgan fingerprint density at radius 3 is 2.89 bits per heavy atom. The summed E-state index contributed by atoms with van der Waals surface area (Å²) >= 11 is 0. The largest absolute Gasteiger partial charge is 0.496 e. The minimum absolute atomic E-state index is 0.346. The van der Waals surface area contributed by atoms with Crippen molar-refractivity contribution < 1.29 is 13.7 Å². The molecule has 4 nitrogen and oxygen atoms in total. The van der Waals surface area contributed by atoms with Gasteiger partial charge in [-0.25, -0.2) is 4.39 Å².